The van der Waals surface area contributed by atoms with Crippen LogP contribution in [0.25, 0.3) is 11.3 Å². The van der Waals surface area contributed by atoms with E-state index in [0.29, 0.717) is 28.7 Å². The zero-order chi connectivity index (χ0) is 20.4. The van der Waals surface area contributed by atoms with Crippen LogP contribution in [0.4, 0.5) is 0 Å². The molecule has 8 heteroatoms. The zero-order valence-corrected chi connectivity index (χ0v) is 16.2. The van der Waals surface area contributed by atoms with Crippen LogP contribution < -0.4 is 5.32 Å². The lowest BCUT2D eigenvalue weighted by atomic mass is 10.0. The lowest BCUT2D eigenvalue weighted by Crippen LogP contribution is -2.32. The summed E-state index contributed by atoms with van der Waals surface area (Å²) in [5.41, 5.74) is 1.47. The second-order valence-corrected chi connectivity index (χ2v) is 6.98. The summed E-state index contributed by atoms with van der Waals surface area (Å²) >= 11 is 5.47. The maximum absolute atomic E-state index is 11.6. The smallest absolute Gasteiger partial charge is 0.336 e. The minimum Gasteiger partial charge on any atom is -0.478 e. The number of thiocarbonyl (C=S) groups is 1. The topological polar surface area (TPSA) is 98.8 Å². The van der Waals surface area contributed by atoms with Crippen LogP contribution in [0.1, 0.15) is 33.9 Å². The summed E-state index contributed by atoms with van der Waals surface area (Å²) in [5.74, 6) is 0.0479. The van der Waals surface area contributed by atoms with Gasteiger partial charge in [0.15, 0.2) is 5.11 Å². The number of aliphatic hydroxyl groups is 1. The van der Waals surface area contributed by atoms with Crippen LogP contribution in [-0.2, 0) is 0 Å². The van der Waals surface area contributed by atoms with Crippen molar-refractivity contribution in [1.29, 1.82) is 0 Å². The molecule has 3 N–H and O–H groups in total. The number of hydrogen-bond acceptors (Lipinski definition) is 5. The number of nitrogens with zero attached hydrogens (tertiary/aromatic N) is 2. The van der Waals surface area contributed by atoms with Crippen molar-refractivity contribution in [2.45, 2.75) is 12.1 Å². The van der Waals surface area contributed by atoms with Gasteiger partial charge in [0.2, 0.25) is 0 Å². The molecular formula is C21H19N3O4S. The molecular weight excluding hydrogens is 390 g/mol. The number of carboxylic acids is 1. The van der Waals surface area contributed by atoms with E-state index in [1.54, 1.807) is 36.5 Å². The number of aliphatic hydroxyl groups excluding tert-OH is 1. The minimum atomic E-state index is -1.02. The quantitative estimate of drug-likeness (QED) is 0.535. The average Bonchev–Trinajstić information content (AvgIpc) is 3.34. The maximum Gasteiger partial charge on any atom is 0.336 e. The van der Waals surface area contributed by atoms with E-state index >= 15 is 0 Å². The van der Waals surface area contributed by atoms with Gasteiger partial charge in [-0.3, -0.25) is 4.98 Å². The number of aromatic carboxylic acids is 1. The van der Waals surface area contributed by atoms with E-state index in [-0.39, 0.29) is 24.3 Å². The van der Waals surface area contributed by atoms with Crippen molar-refractivity contribution in [1.82, 2.24) is 15.2 Å². The molecule has 1 aliphatic heterocycles. The van der Waals surface area contributed by atoms with Gasteiger partial charge in [0, 0.05) is 18.3 Å². The van der Waals surface area contributed by atoms with Crippen LogP contribution in [-0.4, -0.2) is 44.3 Å². The van der Waals surface area contributed by atoms with Crippen molar-refractivity contribution in [2.75, 3.05) is 13.2 Å². The molecule has 0 bridgehead atoms. The molecule has 0 radical (unpaired) electrons. The first-order chi connectivity index (χ1) is 14.1. The number of aromatic nitrogens is 1. The van der Waals surface area contributed by atoms with E-state index in [1.807, 2.05) is 29.2 Å². The molecule has 0 saturated carbocycles. The van der Waals surface area contributed by atoms with Crippen molar-refractivity contribution in [3.63, 3.8) is 0 Å². The number of pyridine rings is 1. The third-order valence-electron chi connectivity index (χ3n) is 4.88. The third kappa shape index (κ3) is 3.59. The van der Waals surface area contributed by atoms with Gasteiger partial charge < -0.3 is 24.8 Å². The summed E-state index contributed by atoms with van der Waals surface area (Å²) < 4.78 is 6.11. The van der Waals surface area contributed by atoms with Gasteiger partial charge in [0.25, 0.3) is 0 Å². The fourth-order valence-corrected chi connectivity index (χ4v) is 3.94. The molecule has 4 rings (SSSR count). The van der Waals surface area contributed by atoms with Crippen molar-refractivity contribution >= 4 is 23.3 Å². The molecule has 0 amide bonds. The van der Waals surface area contributed by atoms with Gasteiger partial charge in [-0.15, -0.1) is 0 Å². The average molecular weight is 409 g/mol. The molecule has 0 unspecified atom stereocenters. The summed E-state index contributed by atoms with van der Waals surface area (Å²) in [4.78, 5) is 17.9. The molecule has 2 atom stereocenters. The third-order valence-corrected chi connectivity index (χ3v) is 5.23. The Hall–Kier alpha value is -3.23. The zero-order valence-electron chi connectivity index (χ0n) is 15.4. The fraction of sp³-hybridized carbons (Fsp3) is 0.190. The van der Waals surface area contributed by atoms with Crippen LogP contribution in [0.2, 0.25) is 0 Å². The van der Waals surface area contributed by atoms with Gasteiger partial charge in [-0.2, -0.15) is 0 Å². The Balaban J connectivity index is 1.75. The lowest BCUT2D eigenvalue weighted by molar-refractivity contribution is 0.0697. The van der Waals surface area contributed by atoms with Crippen molar-refractivity contribution in [2.24, 2.45) is 0 Å². The van der Waals surface area contributed by atoms with Crippen LogP contribution in [0.5, 0.6) is 0 Å². The first-order valence-corrected chi connectivity index (χ1v) is 9.52. The van der Waals surface area contributed by atoms with E-state index in [9.17, 15) is 15.0 Å². The molecule has 29 heavy (non-hydrogen) atoms. The highest BCUT2D eigenvalue weighted by Crippen LogP contribution is 2.40. The van der Waals surface area contributed by atoms with Crippen LogP contribution >= 0.6 is 12.2 Å². The SMILES string of the molecule is O=C(O)c1ccccc1-c1ccc([C@H]2[C@H](c3ccccn3)NC(=S)N2CCO)o1. The summed E-state index contributed by atoms with van der Waals surface area (Å²) in [6, 6.07) is 15.3. The predicted octanol–water partition coefficient (Wildman–Crippen LogP) is 3.00. The highest BCUT2D eigenvalue weighted by Gasteiger charge is 2.41. The van der Waals surface area contributed by atoms with Crippen molar-refractivity contribution in [3.8, 4) is 11.3 Å². The number of β-amino-alcohol motifs (C(OH)–C–C–N with tert-alkyl or cyclic N) is 1. The van der Waals surface area contributed by atoms with E-state index < -0.39 is 5.97 Å². The first-order valence-electron chi connectivity index (χ1n) is 9.11. The molecule has 1 aromatic carbocycles. The van der Waals surface area contributed by atoms with Gasteiger partial charge in [-0.1, -0.05) is 24.3 Å². The van der Waals surface area contributed by atoms with Gasteiger partial charge in [-0.25, -0.2) is 4.79 Å². The van der Waals surface area contributed by atoms with Crippen molar-refractivity contribution < 1.29 is 19.4 Å². The summed E-state index contributed by atoms with van der Waals surface area (Å²) in [7, 11) is 0. The molecule has 0 aliphatic carbocycles. The molecule has 1 aliphatic rings. The first kappa shape index (κ1) is 19.1. The maximum atomic E-state index is 11.6. The number of hydrogen-bond donors (Lipinski definition) is 3. The Morgan fingerprint density at radius 3 is 2.69 bits per heavy atom. The predicted molar refractivity (Wildman–Crippen MR) is 110 cm³/mol. The van der Waals surface area contributed by atoms with E-state index in [2.05, 4.69) is 10.3 Å². The van der Waals surface area contributed by atoms with E-state index in [0.717, 1.165) is 5.69 Å². The second-order valence-electron chi connectivity index (χ2n) is 6.60. The summed E-state index contributed by atoms with van der Waals surface area (Å²) in [6.07, 6.45) is 1.71. The number of carboxylic acid groups (broad SMARTS) is 1. The Kier molecular flexibility index (Phi) is 5.28. The molecule has 2 aromatic heterocycles. The number of benzene rings is 1. The normalized spacial score (nSPS) is 18.7. The van der Waals surface area contributed by atoms with Gasteiger partial charge in [0.05, 0.1) is 23.9 Å². The number of nitrogens with one attached hydrogen (secondary N) is 1. The molecule has 148 valence electrons. The van der Waals surface area contributed by atoms with Gasteiger partial charge >= 0.3 is 5.97 Å². The molecule has 1 fully saturated rings. The summed E-state index contributed by atoms with van der Waals surface area (Å²) in [5, 5.41) is 22.7. The Morgan fingerprint density at radius 1 is 1.17 bits per heavy atom. The minimum absolute atomic E-state index is 0.0668. The summed E-state index contributed by atoms with van der Waals surface area (Å²) in [6.45, 7) is 0.268. The molecule has 3 heterocycles. The molecule has 3 aromatic rings. The van der Waals surface area contributed by atoms with E-state index in [1.165, 1.54) is 0 Å². The molecule has 0 spiro atoms. The standard InChI is InChI=1S/C21H19N3O4S/c25-12-11-24-19(18(23-21(24)29)15-7-3-4-10-22-15)17-9-8-16(28-17)13-5-1-2-6-14(13)20(26)27/h1-10,18-19,25H,11-12H2,(H,23,29)(H,26,27)/t18-,19-/m0/s1. The number of rotatable bonds is 6. The lowest BCUT2D eigenvalue weighted by Gasteiger charge is -2.25. The molecule has 1 saturated heterocycles. The fourth-order valence-electron chi connectivity index (χ4n) is 3.60. The van der Waals surface area contributed by atoms with Crippen LogP contribution in [0.15, 0.2) is 65.2 Å². The number of carbonyl (C=O) groups is 1. The van der Waals surface area contributed by atoms with Crippen molar-refractivity contribution in [3.05, 3.63) is 77.8 Å². The highest BCUT2D eigenvalue weighted by atomic mass is 32.1. The van der Waals surface area contributed by atoms with Gasteiger partial charge in [0.1, 0.15) is 17.6 Å². The monoisotopic (exact) mass is 409 g/mol. The Bertz CT molecular complexity index is 1040. The Labute approximate surface area is 172 Å². The largest absolute Gasteiger partial charge is 0.478 e. The number of furan rings is 1. The highest BCUT2D eigenvalue weighted by molar-refractivity contribution is 7.80. The van der Waals surface area contributed by atoms with Gasteiger partial charge in [-0.05, 0) is 42.5 Å². The second kappa shape index (κ2) is 8.02. The van der Waals surface area contributed by atoms with Crippen LogP contribution in [0, 0.1) is 0 Å². The van der Waals surface area contributed by atoms with E-state index in [4.69, 9.17) is 16.6 Å². The van der Waals surface area contributed by atoms with Crippen LogP contribution in [0.3, 0.4) is 0 Å². The molecule has 7 nitrogen and oxygen atoms in total. The Morgan fingerprint density at radius 2 is 1.97 bits per heavy atom.